The summed E-state index contributed by atoms with van der Waals surface area (Å²) in [7, 11) is 0. The first-order valence-corrected chi connectivity index (χ1v) is 9.94. The van der Waals surface area contributed by atoms with Crippen LogP contribution in [0.25, 0.3) is 0 Å². The molecule has 2 heterocycles. The molecule has 1 saturated heterocycles. The predicted octanol–water partition coefficient (Wildman–Crippen LogP) is 4.61. The maximum Gasteiger partial charge on any atom is 0.146 e. The van der Waals surface area contributed by atoms with Crippen LogP contribution in [0.4, 0.5) is 27.4 Å². The van der Waals surface area contributed by atoms with Crippen LogP contribution in [-0.4, -0.2) is 36.1 Å². The van der Waals surface area contributed by atoms with Crippen molar-refractivity contribution >= 4 is 23.0 Å². The zero-order valence-corrected chi connectivity index (χ0v) is 17.1. The monoisotopic (exact) mass is 391 g/mol. The molecule has 1 aromatic heterocycles. The van der Waals surface area contributed by atoms with E-state index >= 15 is 0 Å². The van der Waals surface area contributed by atoms with Gasteiger partial charge in [0.2, 0.25) is 0 Å². The Labute approximate surface area is 171 Å². The molecule has 1 fully saturated rings. The van der Waals surface area contributed by atoms with Crippen LogP contribution in [-0.2, 0) is 0 Å². The first-order chi connectivity index (χ1) is 14.0. The van der Waals surface area contributed by atoms with Crippen LogP contribution in [0.15, 0.2) is 48.5 Å². The van der Waals surface area contributed by atoms with Crippen LogP contribution in [0.5, 0.6) is 0 Å². The predicted molar refractivity (Wildman–Crippen MR) is 117 cm³/mol. The van der Waals surface area contributed by atoms with Gasteiger partial charge in [0.1, 0.15) is 23.3 Å². The Morgan fingerprint density at radius 3 is 2.17 bits per heavy atom. The number of hydrogen-bond donors (Lipinski definition) is 1. The average Bonchev–Trinajstić information content (AvgIpc) is 2.71. The average molecular weight is 391 g/mol. The summed E-state index contributed by atoms with van der Waals surface area (Å²) in [6, 6.07) is 15.2. The Bertz CT molecular complexity index is 992. The summed E-state index contributed by atoms with van der Waals surface area (Å²) in [5.74, 6) is 2.26. The number of rotatable bonds is 4. The second-order valence-corrected chi connectivity index (χ2v) is 7.48. The zero-order valence-electron chi connectivity index (χ0n) is 17.1. The highest BCUT2D eigenvalue weighted by atomic mass is 19.1. The van der Waals surface area contributed by atoms with Gasteiger partial charge >= 0.3 is 0 Å². The number of aryl methyl sites for hydroxylation is 3. The van der Waals surface area contributed by atoms with Crippen LogP contribution < -0.4 is 15.1 Å². The van der Waals surface area contributed by atoms with Crippen molar-refractivity contribution in [3.8, 4) is 0 Å². The van der Waals surface area contributed by atoms with E-state index in [1.807, 2.05) is 25.1 Å². The van der Waals surface area contributed by atoms with E-state index in [2.05, 4.69) is 57.1 Å². The van der Waals surface area contributed by atoms with Crippen LogP contribution in [0.2, 0.25) is 0 Å². The lowest BCUT2D eigenvalue weighted by atomic mass is 10.1. The van der Waals surface area contributed by atoms with Crippen LogP contribution in [0, 0.1) is 26.6 Å². The largest absolute Gasteiger partial charge is 0.366 e. The van der Waals surface area contributed by atoms with Crippen LogP contribution in [0.3, 0.4) is 0 Å². The molecular formula is C23H26FN5. The van der Waals surface area contributed by atoms with Crippen molar-refractivity contribution in [2.75, 3.05) is 41.3 Å². The van der Waals surface area contributed by atoms with Gasteiger partial charge in [-0.15, -0.1) is 0 Å². The van der Waals surface area contributed by atoms with Gasteiger partial charge in [-0.05, 0) is 44.0 Å². The molecule has 29 heavy (non-hydrogen) atoms. The maximum atomic E-state index is 14.1. The third kappa shape index (κ3) is 4.16. The Morgan fingerprint density at radius 1 is 0.828 bits per heavy atom. The molecule has 0 bridgehead atoms. The number of anilines is 4. The quantitative estimate of drug-likeness (QED) is 0.704. The van der Waals surface area contributed by atoms with Crippen molar-refractivity contribution in [2.45, 2.75) is 20.8 Å². The smallest absolute Gasteiger partial charge is 0.146 e. The molecular weight excluding hydrogens is 365 g/mol. The van der Waals surface area contributed by atoms with Gasteiger partial charge < -0.3 is 15.1 Å². The minimum absolute atomic E-state index is 0.168. The van der Waals surface area contributed by atoms with E-state index in [0.29, 0.717) is 5.69 Å². The van der Waals surface area contributed by atoms with Crippen molar-refractivity contribution in [2.24, 2.45) is 0 Å². The van der Waals surface area contributed by atoms with Crippen LogP contribution in [0.1, 0.15) is 17.0 Å². The Balaban J connectivity index is 1.51. The maximum absolute atomic E-state index is 14.1. The highest BCUT2D eigenvalue weighted by Gasteiger charge is 2.21. The van der Waals surface area contributed by atoms with Crippen molar-refractivity contribution in [3.05, 3.63) is 71.3 Å². The molecule has 3 aromatic rings. The highest BCUT2D eigenvalue weighted by Crippen LogP contribution is 2.26. The molecule has 1 N–H and O–H groups in total. The molecule has 4 rings (SSSR count). The fourth-order valence-corrected chi connectivity index (χ4v) is 3.80. The van der Waals surface area contributed by atoms with Crippen molar-refractivity contribution < 1.29 is 4.39 Å². The zero-order chi connectivity index (χ0) is 20.4. The summed E-state index contributed by atoms with van der Waals surface area (Å²) in [4.78, 5) is 13.5. The molecule has 0 saturated carbocycles. The number of nitrogens with zero attached hydrogens (tertiary/aromatic N) is 4. The summed E-state index contributed by atoms with van der Waals surface area (Å²) < 4.78 is 14.1. The van der Waals surface area contributed by atoms with Crippen molar-refractivity contribution in [1.82, 2.24) is 9.97 Å². The molecule has 0 atom stereocenters. The summed E-state index contributed by atoms with van der Waals surface area (Å²) >= 11 is 0. The number of piperazine rings is 1. The van der Waals surface area contributed by atoms with E-state index in [9.17, 15) is 4.39 Å². The Morgan fingerprint density at radius 2 is 1.48 bits per heavy atom. The lowest BCUT2D eigenvalue weighted by molar-refractivity contribution is 0.596. The molecule has 0 amide bonds. The van der Waals surface area contributed by atoms with Gasteiger partial charge in [-0.1, -0.05) is 30.3 Å². The van der Waals surface area contributed by atoms with E-state index < -0.39 is 0 Å². The minimum Gasteiger partial charge on any atom is -0.366 e. The number of hydrogen-bond acceptors (Lipinski definition) is 5. The molecule has 1 aliphatic rings. The topological polar surface area (TPSA) is 44.3 Å². The molecule has 0 radical (unpaired) electrons. The summed E-state index contributed by atoms with van der Waals surface area (Å²) in [6.07, 6.45) is 0. The molecule has 150 valence electrons. The van der Waals surface area contributed by atoms with Gasteiger partial charge in [0.15, 0.2) is 0 Å². The van der Waals surface area contributed by atoms with Gasteiger partial charge in [0.05, 0.1) is 5.69 Å². The van der Waals surface area contributed by atoms with Crippen LogP contribution >= 0.6 is 0 Å². The molecule has 0 aliphatic carbocycles. The third-order valence-electron chi connectivity index (χ3n) is 5.36. The van der Waals surface area contributed by atoms with E-state index in [4.69, 9.17) is 0 Å². The number of aromatic nitrogens is 2. The fraction of sp³-hybridized carbons (Fsp3) is 0.304. The van der Waals surface area contributed by atoms with Gasteiger partial charge in [0, 0.05) is 37.9 Å². The lowest BCUT2D eigenvalue weighted by Crippen LogP contribution is -2.47. The number of para-hydroxylation sites is 2. The van der Waals surface area contributed by atoms with Gasteiger partial charge in [-0.2, -0.15) is 0 Å². The molecule has 6 heteroatoms. The first kappa shape index (κ1) is 19.2. The van der Waals surface area contributed by atoms with E-state index in [1.54, 1.807) is 6.07 Å². The molecule has 2 aromatic carbocycles. The van der Waals surface area contributed by atoms with Gasteiger partial charge in [0.25, 0.3) is 0 Å². The summed E-state index contributed by atoms with van der Waals surface area (Å²) in [5.41, 5.74) is 4.12. The van der Waals surface area contributed by atoms with Crippen molar-refractivity contribution in [3.63, 3.8) is 0 Å². The first-order valence-electron chi connectivity index (χ1n) is 9.94. The van der Waals surface area contributed by atoms with Gasteiger partial charge in [-0.3, -0.25) is 0 Å². The standard InChI is InChI=1S/C23H26FN5/c1-16-7-6-8-17(2)23(16)27-21-15-22(26-18(3)25-21)29-13-11-28(12-14-29)20-10-5-4-9-19(20)24/h4-10,15H,11-14H2,1-3H3,(H,25,26,27). The Hall–Kier alpha value is -3.15. The Kier molecular flexibility index (Phi) is 5.34. The molecule has 1 aliphatic heterocycles. The number of benzene rings is 2. The fourth-order valence-electron chi connectivity index (χ4n) is 3.80. The molecule has 0 spiro atoms. The summed E-state index contributed by atoms with van der Waals surface area (Å²) in [5, 5.41) is 3.47. The molecule has 0 unspecified atom stereocenters. The SMILES string of the molecule is Cc1nc(Nc2c(C)cccc2C)cc(N2CCN(c3ccccc3F)CC2)n1. The van der Waals surface area contributed by atoms with Crippen molar-refractivity contribution in [1.29, 1.82) is 0 Å². The van der Waals surface area contributed by atoms with E-state index in [1.165, 1.54) is 17.2 Å². The number of halogens is 1. The van der Waals surface area contributed by atoms with E-state index in [-0.39, 0.29) is 5.82 Å². The highest BCUT2D eigenvalue weighted by molar-refractivity contribution is 5.66. The lowest BCUT2D eigenvalue weighted by Gasteiger charge is -2.37. The third-order valence-corrected chi connectivity index (χ3v) is 5.36. The second kappa shape index (κ2) is 8.07. The van der Waals surface area contributed by atoms with Gasteiger partial charge in [-0.25, -0.2) is 14.4 Å². The second-order valence-electron chi connectivity index (χ2n) is 7.48. The minimum atomic E-state index is -0.168. The van der Waals surface area contributed by atoms with E-state index in [0.717, 1.165) is 49.3 Å². The summed E-state index contributed by atoms with van der Waals surface area (Å²) in [6.45, 7) is 9.17. The number of nitrogens with one attached hydrogen (secondary N) is 1. The molecule has 5 nitrogen and oxygen atoms in total. The normalized spacial score (nSPS) is 14.2.